The van der Waals surface area contributed by atoms with Gasteiger partial charge in [-0.3, -0.25) is 4.79 Å². The number of pyridine rings is 1. The molecular weight excluding hydrogens is 252 g/mol. The highest BCUT2D eigenvalue weighted by Gasteiger charge is 2.11. The van der Waals surface area contributed by atoms with Gasteiger partial charge in [0, 0.05) is 10.9 Å². The molecule has 98 valence electrons. The minimum absolute atomic E-state index is 0.0552. The normalized spacial score (nSPS) is 10.6. The lowest BCUT2D eigenvalue weighted by atomic mass is 10.0. The smallest absolute Gasteiger partial charge is 0.154 e. The molecule has 20 heavy (non-hydrogen) atoms. The number of carbonyl (C=O) groups is 1. The van der Waals surface area contributed by atoms with Crippen molar-refractivity contribution in [3.63, 3.8) is 0 Å². The van der Waals surface area contributed by atoms with E-state index in [1.54, 1.807) is 18.2 Å². The van der Waals surface area contributed by atoms with E-state index < -0.39 is 0 Å². The van der Waals surface area contributed by atoms with E-state index in [0.717, 1.165) is 5.39 Å². The number of fused-ring (bicyclic) bond motifs is 1. The van der Waals surface area contributed by atoms with Crippen molar-refractivity contribution in [2.45, 2.75) is 0 Å². The Morgan fingerprint density at radius 2 is 1.85 bits per heavy atom. The van der Waals surface area contributed by atoms with Crippen molar-refractivity contribution in [1.29, 1.82) is 0 Å². The predicted molar refractivity (Wildman–Crippen MR) is 78.6 cm³/mol. The molecule has 3 rings (SSSR count). The maximum atomic E-state index is 11.1. The number of nitrogens with two attached hydrogens (primary N) is 1. The third-order valence-electron chi connectivity index (χ3n) is 3.23. The number of para-hydroxylation sites is 1. The van der Waals surface area contributed by atoms with Gasteiger partial charge < -0.3 is 10.8 Å². The molecule has 0 fully saturated rings. The summed E-state index contributed by atoms with van der Waals surface area (Å²) >= 11 is 0. The van der Waals surface area contributed by atoms with Crippen LogP contribution in [0.5, 0.6) is 5.75 Å². The summed E-state index contributed by atoms with van der Waals surface area (Å²) in [6.07, 6.45) is 0.630. The third-order valence-corrected chi connectivity index (χ3v) is 3.23. The van der Waals surface area contributed by atoms with Crippen LogP contribution in [-0.2, 0) is 0 Å². The van der Waals surface area contributed by atoms with Crippen LogP contribution in [0.1, 0.15) is 10.4 Å². The second kappa shape index (κ2) is 4.66. The first-order valence-corrected chi connectivity index (χ1v) is 6.13. The molecule has 0 saturated heterocycles. The lowest BCUT2D eigenvalue weighted by molar-refractivity contribution is 0.112. The van der Waals surface area contributed by atoms with Gasteiger partial charge >= 0.3 is 0 Å². The standard InChI is InChI=1S/C16H12N2O2/c17-13-5-1-3-10-7-8-14(18-16(10)13)11-4-2-6-15(20)12(11)9-19/h1-9,20H,17H2. The molecule has 1 aromatic heterocycles. The Morgan fingerprint density at radius 3 is 2.65 bits per heavy atom. The maximum absolute atomic E-state index is 11.1. The van der Waals surface area contributed by atoms with Gasteiger partial charge in [0.15, 0.2) is 6.29 Å². The lowest BCUT2D eigenvalue weighted by Crippen LogP contribution is -1.94. The fourth-order valence-corrected chi connectivity index (χ4v) is 2.22. The number of aldehydes is 1. The van der Waals surface area contributed by atoms with Crippen LogP contribution in [0.2, 0.25) is 0 Å². The molecule has 0 spiro atoms. The van der Waals surface area contributed by atoms with E-state index in [1.165, 1.54) is 6.07 Å². The molecule has 0 aliphatic heterocycles. The summed E-state index contributed by atoms with van der Waals surface area (Å²) in [5.74, 6) is -0.0552. The molecule has 0 aliphatic rings. The summed E-state index contributed by atoms with van der Waals surface area (Å²) in [6.45, 7) is 0. The fourth-order valence-electron chi connectivity index (χ4n) is 2.22. The Morgan fingerprint density at radius 1 is 1.05 bits per heavy atom. The van der Waals surface area contributed by atoms with Crippen LogP contribution in [0.15, 0.2) is 48.5 Å². The number of nitrogens with zero attached hydrogens (tertiary/aromatic N) is 1. The zero-order valence-corrected chi connectivity index (χ0v) is 10.6. The fraction of sp³-hybridized carbons (Fsp3) is 0. The second-order valence-electron chi connectivity index (χ2n) is 4.47. The number of anilines is 1. The highest BCUT2D eigenvalue weighted by Crippen LogP contribution is 2.29. The predicted octanol–water partition coefficient (Wildman–Crippen LogP) is 3.00. The zero-order chi connectivity index (χ0) is 14.1. The van der Waals surface area contributed by atoms with Crippen LogP contribution in [-0.4, -0.2) is 16.4 Å². The van der Waals surface area contributed by atoms with Crippen molar-refractivity contribution < 1.29 is 9.90 Å². The largest absolute Gasteiger partial charge is 0.507 e. The zero-order valence-electron chi connectivity index (χ0n) is 10.6. The number of benzene rings is 2. The average molecular weight is 264 g/mol. The molecule has 1 heterocycles. The van der Waals surface area contributed by atoms with Crippen LogP contribution in [0.25, 0.3) is 22.2 Å². The summed E-state index contributed by atoms with van der Waals surface area (Å²) in [7, 11) is 0. The summed E-state index contributed by atoms with van der Waals surface area (Å²) < 4.78 is 0. The van der Waals surface area contributed by atoms with Gasteiger partial charge in [-0.2, -0.15) is 0 Å². The molecule has 3 aromatic rings. The number of aromatic nitrogens is 1. The van der Waals surface area contributed by atoms with Gasteiger partial charge in [0.05, 0.1) is 22.5 Å². The van der Waals surface area contributed by atoms with Crippen molar-refractivity contribution in [2.75, 3.05) is 5.73 Å². The van der Waals surface area contributed by atoms with Gasteiger partial charge in [-0.15, -0.1) is 0 Å². The number of phenolic OH excluding ortho intramolecular Hbond substituents is 1. The van der Waals surface area contributed by atoms with E-state index in [0.29, 0.717) is 28.7 Å². The molecule has 0 atom stereocenters. The molecule has 0 bridgehead atoms. The first kappa shape index (κ1) is 12.2. The molecule has 4 nitrogen and oxygen atoms in total. The van der Waals surface area contributed by atoms with E-state index in [-0.39, 0.29) is 11.3 Å². The first-order valence-electron chi connectivity index (χ1n) is 6.13. The summed E-state index contributed by atoms with van der Waals surface area (Å²) in [5.41, 5.74) is 8.61. The Labute approximate surface area is 115 Å². The van der Waals surface area contributed by atoms with Gasteiger partial charge in [0.2, 0.25) is 0 Å². The minimum atomic E-state index is -0.0552. The summed E-state index contributed by atoms with van der Waals surface area (Å²) in [6, 6.07) is 14.2. The maximum Gasteiger partial charge on any atom is 0.154 e. The molecule has 0 aliphatic carbocycles. The molecule has 3 N–H and O–H groups in total. The number of hydrogen-bond donors (Lipinski definition) is 2. The SMILES string of the molecule is Nc1cccc2ccc(-c3cccc(O)c3C=O)nc12. The third kappa shape index (κ3) is 1.87. The van der Waals surface area contributed by atoms with Gasteiger partial charge in [-0.1, -0.05) is 30.3 Å². The van der Waals surface area contributed by atoms with Gasteiger partial charge in [0.25, 0.3) is 0 Å². The second-order valence-corrected chi connectivity index (χ2v) is 4.47. The van der Waals surface area contributed by atoms with Crippen molar-refractivity contribution >= 4 is 22.9 Å². The van der Waals surface area contributed by atoms with E-state index in [9.17, 15) is 9.90 Å². The van der Waals surface area contributed by atoms with E-state index in [4.69, 9.17) is 5.73 Å². The average Bonchev–Trinajstić information content (AvgIpc) is 2.47. The first-order chi connectivity index (χ1) is 9.70. The minimum Gasteiger partial charge on any atom is -0.507 e. The molecule has 0 radical (unpaired) electrons. The molecule has 0 saturated carbocycles. The number of nitrogen functional groups attached to an aromatic ring is 1. The van der Waals surface area contributed by atoms with Crippen LogP contribution < -0.4 is 5.73 Å². The van der Waals surface area contributed by atoms with Gasteiger partial charge in [0.1, 0.15) is 5.75 Å². The van der Waals surface area contributed by atoms with E-state index >= 15 is 0 Å². The molecule has 2 aromatic carbocycles. The molecule has 0 unspecified atom stereocenters. The van der Waals surface area contributed by atoms with E-state index in [1.807, 2.05) is 24.3 Å². The topological polar surface area (TPSA) is 76.2 Å². The highest BCUT2D eigenvalue weighted by atomic mass is 16.3. The van der Waals surface area contributed by atoms with Crippen molar-refractivity contribution in [3.05, 3.63) is 54.1 Å². The Bertz CT molecular complexity index is 813. The van der Waals surface area contributed by atoms with Crippen LogP contribution in [0, 0.1) is 0 Å². The number of hydrogen-bond acceptors (Lipinski definition) is 4. The van der Waals surface area contributed by atoms with Crippen molar-refractivity contribution in [2.24, 2.45) is 0 Å². The van der Waals surface area contributed by atoms with Gasteiger partial charge in [-0.25, -0.2) is 4.98 Å². The van der Waals surface area contributed by atoms with Crippen LogP contribution >= 0.6 is 0 Å². The Balaban J connectivity index is 2.28. The van der Waals surface area contributed by atoms with Crippen molar-refractivity contribution in [1.82, 2.24) is 4.98 Å². The van der Waals surface area contributed by atoms with Gasteiger partial charge in [-0.05, 0) is 18.2 Å². The summed E-state index contributed by atoms with van der Waals surface area (Å²) in [5, 5.41) is 10.7. The highest BCUT2D eigenvalue weighted by molar-refractivity contribution is 5.94. The van der Waals surface area contributed by atoms with Crippen LogP contribution in [0.3, 0.4) is 0 Å². The Kier molecular flexibility index (Phi) is 2.84. The van der Waals surface area contributed by atoms with Crippen molar-refractivity contribution in [3.8, 4) is 17.0 Å². The molecule has 0 amide bonds. The summed E-state index contributed by atoms with van der Waals surface area (Å²) in [4.78, 5) is 15.6. The quantitative estimate of drug-likeness (QED) is 0.551. The number of rotatable bonds is 2. The van der Waals surface area contributed by atoms with Crippen LogP contribution in [0.4, 0.5) is 5.69 Å². The Hall–Kier alpha value is -2.88. The monoisotopic (exact) mass is 264 g/mol. The molecular formula is C16H12N2O2. The van der Waals surface area contributed by atoms with E-state index in [2.05, 4.69) is 4.98 Å². The number of carbonyl (C=O) groups excluding carboxylic acids is 1. The lowest BCUT2D eigenvalue weighted by Gasteiger charge is -2.08. The number of aromatic hydroxyl groups is 1. The number of phenols is 1. The molecule has 4 heteroatoms.